The van der Waals surface area contributed by atoms with E-state index in [0.29, 0.717) is 27.8 Å². The maximum Gasteiger partial charge on any atom is 0.153 e. The van der Waals surface area contributed by atoms with Gasteiger partial charge in [0.25, 0.3) is 0 Å². The van der Waals surface area contributed by atoms with Gasteiger partial charge in [-0.3, -0.25) is 4.98 Å². The second-order valence-corrected chi connectivity index (χ2v) is 4.25. The fraction of sp³-hybridized carbons (Fsp3) is 0. The monoisotopic (exact) mass is 272 g/mol. The van der Waals surface area contributed by atoms with Crippen molar-refractivity contribution in [1.82, 2.24) is 9.97 Å². The summed E-state index contributed by atoms with van der Waals surface area (Å²) in [4.78, 5) is 7.98. The van der Waals surface area contributed by atoms with Gasteiger partial charge in [-0.25, -0.2) is 4.98 Å². The van der Waals surface area contributed by atoms with Crippen LogP contribution in [0.25, 0.3) is 11.4 Å². The minimum Gasteiger partial charge on any atom is -0.399 e. The molecule has 4 nitrogen and oxygen atoms in total. The summed E-state index contributed by atoms with van der Waals surface area (Å²) in [6.07, 6.45) is 4.96. The van der Waals surface area contributed by atoms with Crippen molar-refractivity contribution in [2.24, 2.45) is 5.73 Å². The van der Waals surface area contributed by atoms with E-state index < -0.39 is 0 Å². The lowest BCUT2D eigenvalue weighted by atomic mass is 10.1. The molecule has 0 aliphatic heterocycles. The molecule has 0 radical (unpaired) electrons. The molecule has 3 N–H and O–H groups in total. The Morgan fingerprint density at radius 1 is 1.16 bits per heavy atom. The van der Waals surface area contributed by atoms with Crippen LogP contribution in [-0.4, -0.2) is 9.97 Å². The molecule has 2 rings (SSSR count). The third kappa shape index (κ3) is 2.92. The number of aromatic nitrogens is 2. The molecule has 0 atom stereocenters. The van der Waals surface area contributed by atoms with Crippen LogP contribution in [0.2, 0.25) is 5.15 Å². The number of pyridine rings is 2. The smallest absolute Gasteiger partial charge is 0.153 e. The second-order valence-electron chi connectivity index (χ2n) is 3.89. The first-order valence-corrected chi connectivity index (χ1v) is 5.93. The Morgan fingerprint density at radius 3 is 2.47 bits per heavy atom. The van der Waals surface area contributed by atoms with Crippen molar-refractivity contribution in [2.45, 2.75) is 0 Å². The normalized spacial score (nSPS) is 9.95. The van der Waals surface area contributed by atoms with Gasteiger partial charge in [-0.2, -0.15) is 0 Å². The summed E-state index contributed by atoms with van der Waals surface area (Å²) in [6, 6.07) is 5.43. The number of anilines is 1. The Bertz CT molecular complexity index is 623. The van der Waals surface area contributed by atoms with E-state index in [1.165, 1.54) is 0 Å². The molecule has 2 heterocycles. The molecular formula is C14H13ClN4. The highest BCUT2D eigenvalue weighted by Gasteiger charge is 2.10. The van der Waals surface area contributed by atoms with Gasteiger partial charge in [-0.1, -0.05) is 24.8 Å². The highest BCUT2D eigenvalue weighted by molar-refractivity contribution is 6.32. The molecule has 0 fully saturated rings. The van der Waals surface area contributed by atoms with Crippen LogP contribution in [0.15, 0.2) is 49.9 Å². The molecule has 19 heavy (non-hydrogen) atoms. The largest absolute Gasteiger partial charge is 0.399 e. The molecule has 0 saturated carbocycles. The van der Waals surface area contributed by atoms with E-state index in [9.17, 15) is 0 Å². The molecule has 0 aliphatic rings. The van der Waals surface area contributed by atoms with E-state index >= 15 is 0 Å². The quantitative estimate of drug-likeness (QED) is 0.840. The van der Waals surface area contributed by atoms with Crippen molar-refractivity contribution >= 4 is 28.7 Å². The number of nitrogens with two attached hydrogens (primary N) is 1. The zero-order chi connectivity index (χ0) is 13.8. The SMILES string of the molecule is C=C(Nc1c(C(=C)N)ccnc1Cl)c1ccncc1. The summed E-state index contributed by atoms with van der Waals surface area (Å²) in [6.45, 7) is 7.68. The molecule has 0 saturated heterocycles. The maximum atomic E-state index is 6.08. The van der Waals surface area contributed by atoms with Gasteiger partial charge in [-0.05, 0) is 18.2 Å². The summed E-state index contributed by atoms with van der Waals surface area (Å²) < 4.78 is 0. The molecule has 2 aromatic heterocycles. The van der Waals surface area contributed by atoms with E-state index in [-0.39, 0.29) is 0 Å². The number of hydrogen-bond donors (Lipinski definition) is 2. The minimum absolute atomic E-state index is 0.319. The van der Waals surface area contributed by atoms with Crippen LogP contribution in [0, 0.1) is 0 Å². The van der Waals surface area contributed by atoms with Gasteiger partial charge in [-0.15, -0.1) is 0 Å². The van der Waals surface area contributed by atoms with Gasteiger partial charge in [0.2, 0.25) is 0 Å². The summed E-state index contributed by atoms with van der Waals surface area (Å²) in [5.74, 6) is 0. The lowest BCUT2D eigenvalue weighted by Crippen LogP contribution is -2.05. The third-order valence-electron chi connectivity index (χ3n) is 2.56. The van der Waals surface area contributed by atoms with E-state index in [1.54, 1.807) is 24.7 Å². The van der Waals surface area contributed by atoms with Gasteiger partial charge in [0.15, 0.2) is 5.15 Å². The fourth-order valence-electron chi connectivity index (χ4n) is 1.60. The molecule has 2 aromatic rings. The maximum absolute atomic E-state index is 6.08. The second kappa shape index (κ2) is 5.54. The molecule has 0 aliphatic carbocycles. The third-order valence-corrected chi connectivity index (χ3v) is 2.84. The van der Waals surface area contributed by atoms with Crippen LogP contribution in [-0.2, 0) is 0 Å². The van der Waals surface area contributed by atoms with Crippen molar-refractivity contribution < 1.29 is 0 Å². The van der Waals surface area contributed by atoms with Crippen LogP contribution >= 0.6 is 11.6 Å². The molecular weight excluding hydrogens is 260 g/mol. The van der Waals surface area contributed by atoms with Crippen LogP contribution in [0.4, 0.5) is 5.69 Å². The Morgan fingerprint density at radius 2 is 1.84 bits per heavy atom. The number of nitrogens with zero attached hydrogens (tertiary/aromatic N) is 2. The van der Waals surface area contributed by atoms with Gasteiger partial charge < -0.3 is 11.1 Å². The first-order chi connectivity index (χ1) is 9.09. The molecule has 0 spiro atoms. The van der Waals surface area contributed by atoms with E-state index in [2.05, 4.69) is 28.4 Å². The Labute approximate surface area is 116 Å². The lowest BCUT2D eigenvalue weighted by molar-refractivity contribution is 1.29. The van der Waals surface area contributed by atoms with Gasteiger partial charge >= 0.3 is 0 Å². The van der Waals surface area contributed by atoms with Crippen molar-refractivity contribution in [3.63, 3.8) is 0 Å². The summed E-state index contributed by atoms with van der Waals surface area (Å²) in [5.41, 5.74) is 9.03. The highest BCUT2D eigenvalue weighted by atomic mass is 35.5. The number of rotatable bonds is 4. The molecule has 0 bridgehead atoms. The van der Waals surface area contributed by atoms with Crippen molar-refractivity contribution in [1.29, 1.82) is 0 Å². The molecule has 5 heteroatoms. The predicted molar refractivity (Wildman–Crippen MR) is 79.4 cm³/mol. The first-order valence-electron chi connectivity index (χ1n) is 5.55. The van der Waals surface area contributed by atoms with Crippen LogP contribution in [0.5, 0.6) is 0 Å². The Kier molecular flexibility index (Phi) is 3.82. The average molecular weight is 273 g/mol. The average Bonchev–Trinajstić information content (AvgIpc) is 2.41. The number of nitrogens with one attached hydrogen (secondary N) is 1. The van der Waals surface area contributed by atoms with Crippen LogP contribution < -0.4 is 11.1 Å². The van der Waals surface area contributed by atoms with Crippen LogP contribution in [0.1, 0.15) is 11.1 Å². The number of hydrogen-bond acceptors (Lipinski definition) is 4. The molecule has 96 valence electrons. The zero-order valence-corrected chi connectivity index (χ0v) is 11.0. The molecule has 0 amide bonds. The predicted octanol–water partition coefficient (Wildman–Crippen LogP) is 3.14. The summed E-state index contributed by atoms with van der Waals surface area (Å²) in [7, 11) is 0. The van der Waals surface area contributed by atoms with E-state index in [0.717, 1.165) is 5.56 Å². The summed E-state index contributed by atoms with van der Waals surface area (Å²) in [5, 5.41) is 3.44. The van der Waals surface area contributed by atoms with E-state index in [4.69, 9.17) is 17.3 Å². The Hall–Kier alpha value is -2.33. The highest BCUT2D eigenvalue weighted by Crippen LogP contribution is 2.29. The number of halogens is 1. The molecule has 0 unspecified atom stereocenters. The van der Waals surface area contributed by atoms with Crippen molar-refractivity contribution in [2.75, 3.05) is 5.32 Å². The lowest BCUT2D eigenvalue weighted by Gasteiger charge is -2.14. The summed E-state index contributed by atoms with van der Waals surface area (Å²) >= 11 is 6.08. The van der Waals surface area contributed by atoms with Crippen molar-refractivity contribution in [3.8, 4) is 0 Å². The fourth-order valence-corrected chi connectivity index (χ4v) is 1.80. The minimum atomic E-state index is 0.319. The first kappa shape index (κ1) is 13.1. The topological polar surface area (TPSA) is 63.8 Å². The van der Waals surface area contributed by atoms with Crippen LogP contribution in [0.3, 0.4) is 0 Å². The van der Waals surface area contributed by atoms with Crippen molar-refractivity contribution in [3.05, 3.63) is 66.2 Å². The zero-order valence-electron chi connectivity index (χ0n) is 10.2. The van der Waals surface area contributed by atoms with Gasteiger partial charge in [0.05, 0.1) is 5.69 Å². The standard InChI is InChI=1S/C14H13ClN4/c1-9(16)12-5-8-18-14(15)13(12)19-10(2)11-3-6-17-7-4-11/h3-8,19H,1-2,16H2. The Balaban J connectivity index is 2.34. The molecule has 0 aromatic carbocycles. The van der Waals surface area contributed by atoms with Gasteiger partial charge in [0, 0.05) is 41.1 Å². The van der Waals surface area contributed by atoms with E-state index in [1.807, 2.05) is 12.1 Å². The van der Waals surface area contributed by atoms with Gasteiger partial charge in [0.1, 0.15) is 0 Å².